The first-order chi connectivity index (χ1) is 14.6. The molecule has 31 heavy (non-hydrogen) atoms. The highest BCUT2D eigenvalue weighted by atomic mass is 127. The van der Waals surface area contributed by atoms with Gasteiger partial charge in [-0.05, 0) is 19.8 Å². The van der Waals surface area contributed by atoms with Crippen LogP contribution in [0.4, 0.5) is 0 Å². The summed E-state index contributed by atoms with van der Waals surface area (Å²) in [5.74, 6) is 2.27. The maximum Gasteiger partial charge on any atom is 0.251 e. The zero-order valence-corrected chi connectivity index (χ0v) is 20.4. The molecular weight excluding hydrogens is 509 g/mol. The van der Waals surface area contributed by atoms with Gasteiger partial charge in [0.1, 0.15) is 6.10 Å². The van der Waals surface area contributed by atoms with E-state index in [0.29, 0.717) is 32.1 Å². The van der Waals surface area contributed by atoms with Gasteiger partial charge in [0.2, 0.25) is 5.89 Å². The van der Waals surface area contributed by atoms with E-state index >= 15 is 0 Å². The molecule has 0 bridgehead atoms. The Hall–Kier alpha value is -2.14. The molecule has 1 aromatic carbocycles. The lowest BCUT2D eigenvalue weighted by atomic mass is 10.1. The van der Waals surface area contributed by atoms with E-state index in [-0.39, 0.29) is 36.0 Å². The molecule has 0 aliphatic carbocycles. The lowest BCUT2D eigenvalue weighted by Crippen LogP contribution is -2.55. The smallest absolute Gasteiger partial charge is 0.251 e. The van der Waals surface area contributed by atoms with E-state index in [1.165, 1.54) is 5.56 Å². The number of benzene rings is 1. The van der Waals surface area contributed by atoms with E-state index in [2.05, 4.69) is 39.2 Å². The number of aliphatic imine (C=N–C) groups is 1. The first-order valence-electron chi connectivity index (χ1n) is 10.5. The molecule has 2 fully saturated rings. The number of ether oxygens (including phenoxy) is 1. The molecule has 1 N–H and O–H groups in total. The summed E-state index contributed by atoms with van der Waals surface area (Å²) in [7, 11) is 1.76. The molecule has 8 nitrogen and oxygen atoms in total. The molecule has 0 radical (unpaired) electrons. The number of hydrogen-bond donors (Lipinski definition) is 1. The number of rotatable bonds is 4. The number of piperazine rings is 1. The summed E-state index contributed by atoms with van der Waals surface area (Å²) >= 11 is 0. The maximum atomic E-state index is 12.5. The van der Waals surface area contributed by atoms with Crippen LogP contribution in [0.15, 0.2) is 39.9 Å². The molecular formula is C22H30IN5O3. The van der Waals surface area contributed by atoms with Crippen LogP contribution in [0.25, 0.3) is 11.3 Å². The quantitative estimate of drug-likeness (QED) is 0.366. The Kier molecular flexibility index (Phi) is 8.30. The molecule has 2 aliphatic heterocycles. The van der Waals surface area contributed by atoms with Crippen molar-refractivity contribution in [3.63, 3.8) is 0 Å². The van der Waals surface area contributed by atoms with Crippen molar-refractivity contribution in [2.75, 3.05) is 39.8 Å². The second-order valence-corrected chi connectivity index (χ2v) is 7.70. The molecule has 2 aliphatic rings. The molecule has 3 heterocycles. The lowest BCUT2D eigenvalue weighted by Gasteiger charge is -2.37. The second-order valence-electron chi connectivity index (χ2n) is 7.70. The largest absolute Gasteiger partial charge is 0.439 e. The lowest BCUT2D eigenvalue weighted by molar-refractivity contribution is -0.142. The summed E-state index contributed by atoms with van der Waals surface area (Å²) in [4.78, 5) is 25.3. The van der Waals surface area contributed by atoms with E-state index in [9.17, 15) is 4.79 Å². The normalized spacial score (nSPS) is 19.3. The molecule has 168 valence electrons. The monoisotopic (exact) mass is 539 g/mol. The molecule has 4 rings (SSSR count). The summed E-state index contributed by atoms with van der Waals surface area (Å²) in [5, 5.41) is 3.32. The Morgan fingerprint density at radius 3 is 2.55 bits per heavy atom. The molecule has 2 aromatic rings. The Bertz CT molecular complexity index is 885. The Labute approximate surface area is 200 Å². The van der Waals surface area contributed by atoms with Gasteiger partial charge in [-0.25, -0.2) is 4.98 Å². The zero-order chi connectivity index (χ0) is 20.9. The van der Waals surface area contributed by atoms with Crippen molar-refractivity contribution >= 4 is 35.8 Å². The number of hydrogen-bond acceptors (Lipinski definition) is 5. The number of nitrogens with one attached hydrogen (secondary N) is 1. The van der Waals surface area contributed by atoms with Gasteiger partial charge in [0.05, 0.1) is 12.7 Å². The van der Waals surface area contributed by atoms with E-state index in [1.807, 2.05) is 17.0 Å². The van der Waals surface area contributed by atoms with Crippen molar-refractivity contribution in [2.45, 2.75) is 32.4 Å². The van der Waals surface area contributed by atoms with Crippen LogP contribution in [0, 0.1) is 6.92 Å². The van der Waals surface area contributed by atoms with Crippen LogP contribution in [0.2, 0.25) is 0 Å². The van der Waals surface area contributed by atoms with Gasteiger partial charge >= 0.3 is 0 Å². The average Bonchev–Trinajstić information content (AvgIpc) is 3.47. The maximum absolute atomic E-state index is 12.5. The number of aryl methyl sites for hydroxylation is 1. The van der Waals surface area contributed by atoms with Crippen LogP contribution in [0.1, 0.15) is 24.3 Å². The third-order valence-electron chi connectivity index (χ3n) is 5.60. The minimum atomic E-state index is -0.248. The van der Waals surface area contributed by atoms with Crippen molar-refractivity contribution in [3.05, 3.63) is 41.9 Å². The van der Waals surface area contributed by atoms with Gasteiger partial charge < -0.3 is 24.3 Å². The number of carbonyl (C=O) groups is 1. The van der Waals surface area contributed by atoms with Gasteiger partial charge in [-0.1, -0.05) is 29.8 Å². The third kappa shape index (κ3) is 5.76. The first-order valence-corrected chi connectivity index (χ1v) is 10.5. The van der Waals surface area contributed by atoms with Crippen LogP contribution in [-0.2, 0) is 16.1 Å². The fourth-order valence-corrected chi connectivity index (χ4v) is 3.84. The number of carbonyl (C=O) groups excluding carboxylic acids is 1. The summed E-state index contributed by atoms with van der Waals surface area (Å²) in [6.45, 7) is 6.03. The third-order valence-corrected chi connectivity index (χ3v) is 5.60. The average molecular weight is 539 g/mol. The van der Waals surface area contributed by atoms with Crippen molar-refractivity contribution in [1.82, 2.24) is 20.1 Å². The Morgan fingerprint density at radius 1 is 1.19 bits per heavy atom. The van der Waals surface area contributed by atoms with Crippen molar-refractivity contribution < 1.29 is 13.9 Å². The fraction of sp³-hybridized carbons (Fsp3) is 0.500. The van der Waals surface area contributed by atoms with Gasteiger partial charge in [0.25, 0.3) is 5.91 Å². The van der Waals surface area contributed by atoms with E-state index in [1.54, 1.807) is 13.2 Å². The predicted octanol–water partition coefficient (Wildman–Crippen LogP) is 2.67. The Balaban J connectivity index is 0.00000272. The summed E-state index contributed by atoms with van der Waals surface area (Å²) < 4.78 is 11.4. The van der Waals surface area contributed by atoms with Gasteiger partial charge in [0, 0.05) is 45.4 Å². The summed E-state index contributed by atoms with van der Waals surface area (Å²) in [5.41, 5.74) is 2.22. The fourth-order valence-electron chi connectivity index (χ4n) is 3.84. The zero-order valence-electron chi connectivity index (χ0n) is 18.0. The van der Waals surface area contributed by atoms with E-state index in [4.69, 9.17) is 9.15 Å². The summed E-state index contributed by atoms with van der Waals surface area (Å²) in [6, 6.07) is 8.18. The Morgan fingerprint density at radius 2 is 1.90 bits per heavy atom. The van der Waals surface area contributed by atoms with Crippen LogP contribution in [-0.4, -0.2) is 72.6 Å². The van der Waals surface area contributed by atoms with Crippen molar-refractivity contribution in [2.24, 2.45) is 4.99 Å². The number of amides is 1. The molecule has 0 saturated carbocycles. The highest BCUT2D eigenvalue weighted by molar-refractivity contribution is 14.0. The highest BCUT2D eigenvalue weighted by Gasteiger charge is 2.30. The molecule has 1 aromatic heterocycles. The number of aromatic nitrogens is 1. The predicted molar refractivity (Wildman–Crippen MR) is 129 cm³/mol. The van der Waals surface area contributed by atoms with Crippen LogP contribution < -0.4 is 5.32 Å². The molecule has 9 heteroatoms. The van der Waals surface area contributed by atoms with Gasteiger partial charge in [-0.3, -0.25) is 9.79 Å². The first kappa shape index (κ1) is 23.5. The van der Waals surface area contributed by atoms with Crippen molar-refractivity contribution in [1.29, 1.82) is 0 Å². The number of guanidine groups is 1. The summed E-state index contributed by atoms with van der Waals surface area (Å²) in [6.07, 6.45) is 3.31. The standard InChI is InChI=1S/C22H29N5O3.HI/c1-16-5-7-17(8-6-16)19-14-24-20(30-19)15-25-22(23-2)27-11-9-26(10-12-27)21(28)18-4-3-13-29-18;/h5-8,14,18H,3-4,9-13,15H2,1-2H3,(H,23,25);1H. The van der Waals surface area contributed by atoms with Crippen LogP contribution >= 0.6 is 24.0 Å². The number of halogens is 1. The highest BCUT2D eigenvalue weighted by Crippen LogP contribution is 2.21. The molecule has 0 spiro atoms. The van der Waals surface area contributed by atoms with Crippen LogP contribution in [0.3, 0.4) is 0 Å². The topological polar surface area (TPSA) is 83.2 Å². The molecule has 1 amide bonds. The van der Waals surface area contributed by atoms with E-state index < -0.39 is 0 Å². The van der Waals surface area contributed by atoms with Gasteiger partial charge in [0.15, 0.2) is 11.7 Å². The second kappa shape index (κ2) is 10.9. The van der Waals surface area contributed by atoms with E-state index in [0.717, 1.165) is 43.2 Å². The van der Waals surface area contributed by atoms with Crippen molar-refractivity contribution in [3.8, 4) is 11.3 Å². The SMILES string of the molecule is CN=C(NCc1ncc(-c2ccc(C)cc2)o1)N1CCN(C(=O)C2CCCO2)CC1.I. The number of oxazole rings is 1. The van der Waals surface area contributed by atoms with Crippen LogP contribution in [0.5, 0.6) is 0 Å². The molecule has 1 atom stereocenters. The number of nitrogens with zero attached hydrogens (tertiary/aromatic N) is 4. The van der Waals surface area contributed by atoms with Gasteiger partial charge in [-0.2, -0.15) is 0 Å². The minimum Gasteiger partial charge on any atom is -0.439 e. The van der Waals surface area contributed by atoms with Gasteiger partial charge in [-0.15, -0.1) is 24.0 Å². The molecule has 1 unspecified atom stereocenters. The molecule has 2 saturated heterocycles. The minimum absolute atomic E-state index is 0.